The molecule has 0 saturated heterocycles. The molecule has 0 aliphatic carbocycles. The molecule has 1 aromatic rings. The Balaban J connectivity index is 2.72. The van der Waals surface area contributed by atoms with Gasteiger partial charge >= 0.3 is 5.97 Å². The van der Waals surface area contributed by atoms with Gasteiger partial charge in [-0.2, -0.15) is 0 Å². The normalized spacial score (nSPS) is 10.6. The third-order valence-corrected chi connectivity index (χ3v) is 1.95. The van der Waals surface area contributed by atoms with Crippen molar-refractivity contribution in [3.63, 3.8) is 0 Å². The number of hydrogen-bond acceptors (Lipinski definition) is 2. The molecule has 0 atom stereocenters. The molecule has 1 aromatic carbocycles. The van der Waals surface area contributed by atoms with Crippen LogP contribution in [0.25, 0.3) is 6.08 Å². The summed E-state index contributed by atoms with van der Waals surface area (Å²) in [6.07, 6.45) is 2.71. The van der Waals surface area contributed by atoms with E-state index >= 15 is 0 Å². The van der Waals surface area contributed by atoms with Crippen molar-refractivity contribution in [3.05, 3.63) is 40.7 Å². The first-order valence-corrected chi connectivity index (χ1v) is 4.81. The van der Waals surface area contributed by atoms with E-state index in [1.165, 1.54) is 24.3 Å². The quantitative estimate of drug-likeness (QED) is 0.587. The molecule has 0 fully saturated rings. The van der Waals surface area contributed by atoms with Gasteiger partial charge in [-0.3, -0.25) is 0 Å². The van der Waals surface area contributed by atoms with Crippen LogP contribution >= 0.6 is 11.6 Å². The molecule has 0 aliphatic rings. The van der Waals surface area contributed by atoms with Crippen molar-refractivity contribution in [2.45, 2.75) is 6.92 Å². The summed E-state index contributed by atoms with van der Waals surface area (Å²) in [6.45, 7) is 2.03. The summed E-state index contributed by atoms with van der Waals surface area (Å²) in [5.74, 6) is -0.962. The van der Waals surface area contributed by atoms with E-state index in [-0.39, 0.29) is 5.02 Å². The lowest BCUT2D eigenvalue weighted by atomic mass is 10.2. The van der Waals surface area contributed by atoms with Gasteiger partial charge in [-0.25, -0.2) is 9.18 Å². The van der Waals surface area contributed by atoms with E-state index < -0.39 is 11.8 Å². The van der Waals surface area contributed by atoms with Crippen LogP contribution in [0.4, 0.5) is 4.39 Å². The second-order valence-corrected chi connectivity index (χ2v) is 3.17. The number of rotatable bonds is 3. The van der Waals surface area contributed by atoms with Crippen LogP contribution in [0.5, 0.6) is 0 Å². The molecule has 0 unspecified atom stereocenters. The predicted octanol–water partition coefficient (Wildman–Crippen LogP) is 3.06. The highest BCUT2D eigenvalue weighted by Gasteiger charge is 1.99. The highest BCUT2D eigenvalue weighted by atomic mass is 35.5. The number of esters is 1. The van der Waals surface area contributed by atoms with Gasteiger partial charge in [0.2, 0.25) is 0 Å². The number of halogens is 2. The molecule has 0 spiro atoms. The van der Waals surface area contributed by atoms with Gasteiger partial charge in [-0.05, 0) is 30.7 Å². The zero-order valence-corrected chi connectivity index (χ0v) is 8.92. The summed E-state index contributed by atoms with van der Waals surface area (Å²) in [5, 5.41) is 0.0586. The predicted molar refractivity (Wildman–Crippen MR) is 57.1 cm³/mol. The van der Waals surface area contributed by atoms with Gasteiger partial charge in [-0.15, -0.1) is 0 Å². The van der Waals surface area contributed by atoms with Gasteiger partial charge in [0.05, 0.1) is 11.6 Å². The Hall–Kier alpha value is -1.35. The fourth-order valence-electron chi connectivity index (χ4n) is 0.971. The molecule has 0 heterocycles. The van der Waals surface area contributed by atoms with Crippen molar-refractivity contribution in [1.82, 2.24) is 0 Å². The van der Waals surface area contributed by atoms with Crippen molar-refractivity contribution in [1.29, 1.82) is 0 Å². The van der Waals surface area contributed by atoms with E-state index in [2.05, 4.69) is 4.74 Å². The number of ether oxygens (including phenoxy) is 1. The monoisotopic (exact) mass is 228 g/mol. The lowest BCUT2D eigenvalue weighted by Gasteiger charge is -1.97. The largest absolute Gasteiger partial charge is 0.463 e. The zero-order chi connectivity index (χ0) is 11.3. The van der Waals surface area contributed by atoms with Crippen LogP contribution in [0, 0.1) is 5.82 Å². The zero-order valence-electron chi connectivity index (χ0n) is 8.17. The van der Waals surface area contributed by atoms with Crippen LogP contribution in [0.15, 0.2) is 24.3 Å². The highest BCUT2D eigenvalue weighted by molar-refractivity contribution is 6.30. The van der Waals surface area contributed by atoms with Crippen molar-refractivity contribution in [2.75, 3.05) is 6.61 Å². The standard InChI is InChI=1S/C11H10ClFO2/c1-2-15-11(14)6-4-8-3-5-9(12)10(13)7-8/h3-7H,2H2,1H3/b6-4+. The van der Waals surface area contributed by atoms with Crippen LogP contribution in [0.3, 0.4) is 0 Å². The maximum Gasteiger partial charge on any atom is 0.330 e. The van der Waals surface area contributed by atoms with Gasteiger partial charge in [0.15, 0.2) is 0 Å². The fraction of sp³-hybridized carbons (Fsp3) is 0.182. The second-order valence-electron chi connectivity index (χ2n) is 2.76. The Morgan fingerprint density at radius 1 is 1.60 bits per heavy atom. The molecule has 2 nitrogen and oxygen atoms in total. The lowest BCUT2D eigenvalue weighted by Crippen LogP contribution is -1.98. The first-order valence-electron chi connectivity index (χ1n) is 4.43. The summed E-state index contributed by atoms with van der Waals surface area (Å²) in [6, 6.07) is 4.29. The van der Waals surface area contributed by atoms with E-state index in [0.717, 1.165) is 0 Å². The summed E-state index contributed by atoms with van der Waals surface area (Å²) >= 11 is 5.50. The first-order chi connectivity index (χ1) is 7.13. The smallest absolute Gasteiger partial charge is 0.330 e. The molecule has 0 radical (unpaired) electrons. The number of carbonyl (C=O) groups is 1. The minimum Gasteiger partial charge on any atom is -0.463 e. The van der Waals surface area contributed by atoms with Crippen LogP contribution in [-0.2, 0) is 9.53 Å². The van der Waals surface area contributed by atoms with Crippen LogP contribution in [-0.4, -0.2) is 12.6 Å². The van der Waals surface area contributed by atoms with Crippen LogP contribution in [0.1, 0.15) is 12.5 Å². The summed E-state index contributed by atoms with van der Waals surface area (Å²) in [4.78, 5) is 10.9. The SMILES string of the molecule is CCOC(=O)/C=C/c1ccc(Cl)c(F)c1. The van der Waals surface area contributed by atoms with E-state index in [1.807, 2.05) is 0 Å². The highest BCUT2D eigenvalue weighted by Crippen LogP contribution is 2.16. The molecule has 0 aliphatic heterocycles. The van der Waals surface area contributed by atoms with Gasteiger partial charge in [-0.1, -0.05) is 17.7 Å². The molecule has 0 bridgehead atoms. The van der Waals surface area contributed by atoms with Gasteiger partial charge in [0.1, 0.15) is 5.82 Å². The minimum atomic E-state index is -0.511. The minimum absolute atomic E-state index is 0.0586. The molecule has 0 saturated carbocycles. The molecule has 80 valence electrons. The average Bonchev–Trinajstić information content (AvgIpc) is 2.20. The molecular formula is C11H10ClFO2. The molecule has 15 heavy (non-hydrogen) atoms. The lowest BCUT2D eigenvalue weighted by molar-refractivity contribution is -0.137. The van der Waals surface area contributed by atoms with Crippen LogP contribution < -0.4 is 0 Å². The Morgan fingerprint density at radius 3 is 2.93 bits per heavy atom. The summed E-state index contributed by atoms with van der Waals surface area (Å²) in [5.41, 5.74) is 0.560. The molecular weight excluding hydrogens is 219 g/mol. The van der Waals surface area contributed by atoms with E-state index in [0.29, 0.717) is 12.2 Å². The molecule has 0 N–H and O–H groups in total. The summed E-state index contributed by atoms with van der Waals surface area (Å²) in [7, 11) is 0. The van der Waals surface area contributed by atoms with Crippen molar-refractivity contribution in [3.8, 4) is 0 Å². The number of carbonyl (C=O) groups excluding carboxylic acids is 1. The number of benzene rings is 1. The average molecular weight is 229 g/mol. The second kappa shape index (κ2) is 5.51. The van der Waals surface area contributed by atoms with Crippen molar-refractivity contribution in [2.24, 2.45) is 0 Å². The van der Waals surface area contributed by atoms with E-state index in [9.17, 15) is 9.18 Å². The number of hydrogen-bond donors (Lipinski definition) is 0. The Kier molecular flexibility index (Phi) is 4.31. The third-order valence-electron chi connectivity index (χ3n) is 1.64. The summed E-state index contributed by atoms with van der Waals surface area (Å²) < 4.78 is 17.6. The van der Waals surface area contributed by atoms with Gasteiger partial charge in [0, 0.05) is 6.08 Å². The molecule has 0 aromatic heterocycles. The van der Waals surface area contributed by atoms with Gasteiger partial charge in [0.25, 0.3) is 0 Å². The molecule has 0 amide bonds. The Bertz CT molecular complexity index is 388. The third kappa shape index (κ3) is 3.72. The van der Waals surface area contributed by atoms with E-state index in [4.69, 9.17) is 11.6 Å². The van der Waals surface area contributed by atoms with Crippen LogP contribution in [0.2, 0.25) is 5.02 Å². The fourth-order valence-corrected chi connectivity index (χ4v) is 1.09. The first kappa shape index (κ1) is 11.7. The Labute approximate surface area is 92.3 Å². The van der Waals surface area contributed by atoms with Crippen molar-refractivity contribution >= 4 is 23.6 Å². The van der Waals surface area contributed by atoms with Gasteiger partial charge < -0.3 is 4.74 Å². The maximum atomic E-state index is 13.0. The molecule has 4 heteroatoms. The molecule has 1 rings (SSSR count). The topological polar surface area (TPSA) is 26.3 Å². The maximum absolute atomic E-state index is 13.0. The van der Waals surface area contributed by atoms with Crippen molar-refractivity contribution < 1.29 is 13.9 Å². The van der Waals surface area contributed by atoms with E-state index in [1.54, 1.807) is 13.0 Å². The Morgan fingerprint density at radius 2 is 2.33 bits per heavy atom.